The number of hydrogen-bond acceptors (Lipinski definition) is 6. The number of rotatable bonds is 10. The first-order chi connectivity index (χ1) is 30.1. The molecule has 318 valence electrons. The minimum atomic E-state index is -0.342. The largest absolute Gasteiger partial charge is 0.311 e. The number of anilines is 3. The lowest BCUT2D eigenvalue weighted by atomic mass is 9.86. The molecule has 1 aliphatic heterocycles. The van der Waals surface area contributed by atoms with Crippen LogP contribution in [0.2, 0.25) is 0 Å². The Hall–Kier alpha value is -5.93. The van der Waals surface area contributed by atoms with Crippen molar-refractivity contribution in [2.24, 2.45) is 0 Å². The van der Waals surface area contributed by atoms with Crippen LogP contribution in [0.25, 0.3) is 48.5 Å². The molecule has 1 saturated heterocycles. The number of amides is 2. The molecule has 0 N–H and O–H groups in total. The maximum Gasteiger partial charge on any atom is 0.265 e. The van der Waals surface area contributed by atoms with Gasteiger partial charge in [0.15, 0.2) is 5.11 Å². The molecule has 3 heterocycles. The van der Waals surface area contributed by atoms with Gasteiger partial charge >= 0.3 is 0 Å². The third-order valence-electron chi connectivity index (χ3n) is 11.6. The van der Waals surface area contributed by atoms with Crippen LogP contribution in [0.1, 0.15) is 71.4 Å². The molecular weight excluding hydrogens is 831 g/mol. The van der Waals surface area contributed by atoms with E-state index in [2.05, 4.69) is 186 Å². The van der Waals surface area contributed by atoms with Gasteiger partial charge in [-0.3, -0.25) is 19.4 Å². The van der Waals surface area contributed by atoms with Gasteiger partial charge in [-0.2, -0.15) is 0 Å². The summed E-state index contributed by atoms with van der Waals surface area (Å²) in [5.41, 5.74) is 12.1. The van der Waals surface area contributed by atoms with Gasteiger partial charge in [0.25, 0.3) is 11.8 Å². The van der Waals surface area contributed by atoms with Crippen LogP contribution in [-0.2, 0) is 20.4 Å². The molecule has 5 aromatic carbocycles. The molecule has 63 heavy (non-hydrogen) atoms. The van der Waals surface area contributed by atoms with Crippen LogP contribution in [0.4, 0.5) is 17.1 Å². The number of thiocarbonyl (C=S) groups is 1. The predicted octanol–water partition coefficient (Wildman–Crippen LogP) is 14.9. The van der Waals surface area contributed by atoms with Crippen LogP contribution >= 0.6 is 34.9 Å². The summed E-state index contributed by atoms with van der Waals surface area (Å²) in [4.78, 5) is 36.0. The summed E-state index contributed by atoms with van der Waals surface area (Å²) in [7, 11) is 0. The Balaban J connectivity index is 1.07. The lowest BCUT2D eigenvalue weighted by Crippen LogP contribution is -2.55. The minimum Gasteiger partial charge on any atom is -0.311 e. The molecule has 1 fully saturated rings. The Morgan fingerprint density at radius 1 is 0.476 bits per heavy atom. The zero-order valence-corrected chi connectivity index (χ0v) is 39.7. The summed E-state index contributed by atoms with van der Waals surface area (Å²) >= 11 is 8.73. The van der Waals surface area contributed by atoms with Gasteiger partial charge < -0.3 is 4.90 Å². The lowest BCUT2D eigenvalue weighted by molar-refractivity contribution is -0.133. The molecule has 0 bridgehead atoms. The maximum absolute atomic E-state index is 13.2. The van der Waals surface area contributed by atoms with Crippen molar-refractivity contribution < 1.29 is 9.59 Å². The van der Waals surface area contributed by atoms with Gasteiger partial charge in [0.1, 0.15) is 5.57 Å². The second-order valence-corrected chi connectivity index (χ2v) is 20.5. The van der Waals surface area contributed by atoms with E-state index < -0.39 is 0 Å². The van der Waals surface area contributed by atoms with E-state index in [0.717, 1.165) is 42.1 Å². The zero-order valence-electron chi connectivity index (χ0n) is 37.2. The van der Waals surface area contributed by atoms with Gasteiger partial charge in [-0.05, 0) is 143 Å². The molecule has 0 atom stereocenters. The highest BCUT2D eigenvalue weighted by Crippen LogP contribution is 2.41. The molecule has 1 aliphatic rings. The highest BCUT2D eigenvalue weighted by molar-refractivity contribution is 7.80. The van der Waals surface area contributed by atoms with Crippen molar-refractivity contribution in [3.05, 3.63) is 167 Å². The highest BCUT2D eigenvalue weighted by Gasteiger charge is 2.38. The Labute approximate surface area is 386 Å². The van der Waals surface area contributed by atoms with Gasteiger partial charge in [-0.1, -0.05) is 126 Å². The second-order valence-electron chi connectivity index (χ2n) is 17.9. The molecule has 0 spiro atoms. The maximum atomic E-state index is 13.2. The third kappa shape index (κ3) is 9.12. The fourth-order valence-electron chi connectivity index (χ4n) is 7.87. The number of benzene rings is 5. The number of nitrogens with zero attached hydrogens (tertiary/aromatic N) is 3. The van der Waals surface area contributed by atoms with Gasteiger partial charge in [-0.25, -0.2) is 0 Å². The van der Waals surface area contributed by atoms with Crippen molar-refractivity contribution in [3.63, 3.8) is 0 Å². The summed E-state index contributed by atoms with van der Waals surface area (Å²) in [6.07, 6.45) is 1.71. The Bertz CT molecular complexity index is 2670. The van der Waals surface area contributed by atoms with Crippen molar-refractivity contribution >= 4 is 75.0 Å². The van der Waals surface area contributed by atoms with Crippen LogP contribution in [0.15, 0.2) is 151 Å². The monoisotopic (exact) mass is 883 g/mol. The van der Waals surface area contributed by atoms with Crippen LogP contribution in [-0.4, -0.2) is 39.8 Å². The van der Waals surface area contributed by atoms with Crippen molar-refractivity contribution in [3.8, 4) is 42.4 Å². The van der Waals surface area contributed by atoms with Crippen LogP contribution in [0, 0.1) is 0 Å². The van der Waals surface area contributed by atoms with E-state index in [1.165, 1.54) is 43.2 Å². The second kappa shape index (κ2) is 17.7. The van der Waals surface area contributed by atoms with E-state index in [1.54, 1.807) is 28.7 Å². The Morgan fingerprint density at radius 3 is 1.22 bits per heavy atom. The minimum absolute atomic E-state index is 0.105. The average Bonchev–Trinajstić information content (AvgIpc) is 3.97. The van der Waals surface area contributed by atoms with Crippen LogP contribution in [0.3, 0.4) is 0 Å². The normalized spacial score (nSPS) is 13.5. The molecular formula is C55H53N3O2S3. The van der Waals surface area contributed by atoms with Crippen molar-refractivity contribution in [2.75, 3.05) is 18.0 Å². The Kier molecular flexibility index (Phi) is 12.3. The molecule has 0 radical (unpaired) electrons. The van der Waals surface area contributed by atoms with Gasteiger partial charge in [0.2, 0.25) is 0 Å². The van der Waals surface area contributed by atoms with E-state index in [4.69, 9.17) is 12.2 Å². The molecule has 2 aromatic heterocycles. The lowest BCUT2D eigenvalue weighted by Gasteiger charge is -2.35. The van der Waals surface area contributed by atoms with Gasteiger partial charge in [-0.15, -0.1) is 22.7 Å². The van der Waals surface area contributed by atoms with Gasteiger partial charge in [0.05, 0.1) is 0 Å². The summed E-state index contributed by atoms with van der Waals surface area (Å²) in [5, 5.41) is 0.269. The molecule has 0 unspecified atom stereocenters. The number of hydrogen-bond donors (Lipinski definition) is 0. The zero-order chi connectivity index (χ0) is 44.6. The topological polar surface area (TPSA) is 43.9 Å². The Morgan fingerprint density at radius 2 is 0.825 bits per heavy atom. The quantitative estimate of drug-likeness (QED) is 0.0780. The summed E-state index contributed by atoms with van der Waals surface area (Å²) in [6, 6.07) is 52.7. The summed E-state index contributed by atoms with van der Waals surface area (Å²) in [5.74, 6) is -0.684. The summed E-state index contributed by atoms with van der Waals surface area (Å²) in [6.45, 7) is 18.0. The first-order valence-corrected chi connectivity index (χ1v) is 23.6. The van der Waals surface area contributed by atoms with E-state index >= 15 is 0 Å². The fourth-order valence-corrected chi connectivity index (χ4v) is 10.3. The van der Waals surface area contributed by atoms with E-state index in [0.29, 0.717) is 13.1 Å². The molecule has 7 aromatic rings. The number of likely N-dealkylation sites (N-methyl/N-ethyl adjacent to an activating group) is 2. The molecule has 5 nitrogen and oxygen atoms in total. The van der Waals surface area contributed by atoms with Crippen molar-refractivity contribution in [1.82, 2.24) is 9.80 Å². The van der Waals surface area contributed by atoms with Gasteiger partial charge in [0, 0.05) is 49.7 Å². The third-order valence-corrected chi connectivity index (χ3v) is 14.4. The first kappa shape index (κ1) is 43.7. The predicted molar refractivity (Wildman–Crippen MR) is 271 cm³/mol. The van der Waals surface area contributed by atoms with E-state index in [9.17, 15) is 9.59 Å². The molecule has 2 amide bonds. The van der Waals surface area contributed by atoms with Crippen LogP contribution < -0.4 is 4.90 Å². The number of carbonyl (C=O) groups is 2. The highest BCUT2D eigenvalue weighted by atomic mass is 32.1. The average molecular weight is 884 g/mol. The van der Waals surface area contributed by atoms with Crippen molar-refractivity contribution in [1.29, 1.82) is 0 Å². The SMILES string of the molecule is CCN1C(=O)C(=Cc2ccc(-c3ccc(-c4ccc(N(c5ccc(-c6ccc(C(C)(C)C)cc6)cc5)c5ccc(-c6ccc(C(C)(C)C)cc6)cc5)cc4)s3)s2)C(=O)N(CC)C1=S. The van der Waals surface area contributed by atoms with Crippen molar-refractivity contribution in [2.45, 2.75) is 66.2 Å². The summed E-state index contributed by atoms with van der Waals surface area (Å²) < 4.78 is 0. The number of carbonyl (C=O) groups excluding carboxylic acids is 2. The van der Waals surface area contributed by atoms with Crippen LogP contribution in [0.5, 0.6) is 0 Å². The smallest absolute Gasteiger partial charge is 0.265 e. The molecule has 8 rings (SSSR count). The van der Waals surface area contributed by atoms with E-state index in [1.807, 2.05) is 19.9 Å². The molecule has 0 aliphatic carbocycles. The number of thiophene rings is 2. The fraction of sp³-hybridized carbons (Fsp3) is 0.218. The standard InChI is InChI=1S/C55H53N3O2S3/c1-9-56-51(59)47(52(60)57(10-2)53(56)61)35-46-31-32-49(62-46)50-34-33-48(63-50)40-19-29-45(30-20-40)58(43-25-15-38(16-26-43)36-11-21-41(22-12-36)54(3,4)5)44-27-17-39(18-28-44)37-13-23-42(24-14-37)55(6,7)8/h11-35H,9-10H2,1-8H3. The molecule has 0 saturated carbocycles. The van der Waals surface area contributed by atoms with E-state index in [-0.39, 0.29) is 33.3 Å². The molecule has 8 heteroatoms. The first-order valence-electron chi connectivity index (χ1n) is 21.5.